The molecule has 1 aromatic rings. The van der Waals surface area contributed by atoms with Gasteiger partial charge in [0, 0.05) is 18.2 Å². The van der Waals surface area contributed by atoms with Gasteiger partial charge in [-0.3, -0.25) is 4.90 Å². The van der Waals surface area contributed by atoms with E-state index in [2.05, 4.69) is 11.9 Å². The first-order chi connectivity index (χ1) is 8.18. The first-order valence-electron chi connectivity index (χ1n) is 6.60. The second kappa shape index (κ2) is 5.69. The third kappa shape index (κ3) is 3.11. The number of furan rings is 1. The Balaban J connectivity index is 1.98. The van der Waals surface area contributed by atoms with Crippen molar-refractivity contribution in [2.75, 3.05) is 7.05 Å². The second-order valence-corrected chi connectivity index (χ2v) is 5.19. The maximum absolute atomic E-state index is 10.2. The van der Waals surface area contributed by atoms with Gasteiger partial charge in [-0.25, -0.2) is 0 Å². The number of aryl methyl sites for hydroxylation is 1. The number of rotatable bonds is 3. The van der Waals surface area contributed by atoms with Crippen LogP contribution in [0, 0.1) is 6.92 Å². The van der Waals surface area contributed by atoms with Crippen LogP contribution in [-0.2, 0) is 6.54 Å². The van der Waals surface area contributed by atoms with Crippen LogP contribution in [0.3, 0.4) is 0 Å². The van der Waals surface area contributed by atoms with E-state index in [0.29, 0.717) is 6.04 Å². The van der Waals surface area contributed by atoms with E-state index in [-0.39, 0.29) is 6.10 Å². The van der Waals surface area contributed by atoms with Crippen LogP contribution in [-0.4, -0.2) is 29.2 Å². The normalized spacial score (nSPS) is 26.1. The fraction of sp³-hybridized carbons (Fsp3) is 0.714. The van der Waals surface area contributed by atoms with Gasteiger partial charge in [-0.05, 0) is 32.9 Å². The molecule has 1 aromatic heterocycles. The van der Waals surface area contributed by atoms with Crippen molar-refractivity contribution >= 4 is 0 Å². The molecule has 1 aliphatic rings. The molecule has 0 aliphatic heterocycles. The average molecular weight is 237 g/mol. The van der Waals surface area contributed by atoms with Crippen LogP contribution in [0.25, 0.3) is 0 Å². The molecule has 3 heteroatoms. The van der Waals surface area contributed by atoms with Crippen LogP contribution in [0.4, 0.5) is 0 Å². The molecule has 1 fully saturated rings. The van der Waals surface area contributed by atoms with E-state index in [4.69, 9.17) is 4.42 Å². The molecule has 0 spiro atoms. The van der Waals surface area contributed by atoms with Gasteiger partial charge in [0.25, 0.3) is 0 Å². The minimum absolute atomic E-state index is 0.172. The van der Waals surface area contributed by atoms with Gasteiger partial charge in [-0.2, -0.15) is 0 Å². The lowest BCUT2D eigenvalue weighted by Gasteiger charge is -2.30. The molecular weight excluding hydrogens is 214 g/mol. The average Bonchev–Trinajstić information content (AvgIpc) is 2.57. The van der Waals surface area contributed by atoms with Gasteiger partial charge in [0.2, 0.25) is 0 Å². The lowest BCUT2D eigenvalue weighted by atomic mass is 10.0. The Kier molecular flexibility index (Phi) is 4.24. The number of aliphatic hydroxyl groups excluding tert-OH is 1. The predicted molar refractivity (Wildman–Crippen MR) is 67.8 cm³/mol. The molecule has 1 aliphatic carbocycles. The van der Waals surface area contributed by atoms with Crippen molar-refractivity contribution in [2.45, 2.75) is 57.7 Å². The van der Waals surface area contributed by atoms with E-state index in [1.807, 2.05) is 13.0 Å². The molecule has 2 rings (SSSR count). The zero-order valence-corrected chi connectivity index (χ0v) is 10.9. The highest BCUT2D eigenvalue weighted by Crippen LogP contribution is 2.23. The summed E-state index contributed by atoms with van der Waals surface area (Å²) in [7, 11) is 2.10. The number of hydrogen-bond acceptors (Lipinski definition) is 3. The van der Waals surface area contributed by atoms with Crippen molar-refractivity contribution in [1.29, 1.82) is 0 Å². The van der Waals surface area contributed by atoms with E-state index in [1.54, 1.807) is 6.26 Å². The molecular formula is C14H23NO2. The molecule has 1 N–H and O–H groups in total. The van der Waals surface area contributed by atoms with E-state index < -0.39 is 0 Å². The molecule has 2 unspecified atom stereocenters. The van der Waals surface area contributed by atoms with Gasteiger partial charge in [-0.1, -0.05) is 19.3 Å². The summed E-state index contributed by atoms with van der Waals surface area (Å²) in [5, 5.41) is 10.2. The summed E-state index contributed by atoms with van der Waals surface area (Å²) in [5.41, 5.74) is 1.23. The zero-order chi connectivity index (χ0) is 12.3. The van der Waals surface area contributed by atoms with Crippen molar-refractivity contribution in [3.63, 3.8) is 0 Å². The molecule has 17 heavy (non-hydrogen) atoms. The summed E-state index contributed by atoms with van der Waals surface area (Å²) in [6.07, 6.45) is 7.27. The fourth-order valence-electron chi connectivity index (χ4n) is 2.74. The Morgan fingerprint density at radius 2 is 2.12 bits per heavy atom. The first-order valence-corrected chi connectivity index (χ1v) is 6.60. The van der Waals surface area contributed by atoms with Crippen LogP contribution in [0.5, 0.6) is 0 Å². The van der Waals surface area contributed by atoms with Gasteiger partial charge in [0.15, 0.2) is 0 Å². The second-order valence-electron chi connectivity index (χ2n) is 5.19. The predicted octanol–water partition coefficient (Wildman–Crippen LogP) is 2.71. The lowest BCUT2D eigenvalue weighted by molar-refractivity contribution is 0.0541. The summed E-state index contributed by atoms with van der Waals surface area (Å²) in [4.78, 5) is 2.27. The minimum Gasteiger partial charge on any atom is -0.469 e. The van der Waals surface area contributed by atoms with Crippen molar-refractivity contribution in [1.82, 2.24) is 4.90 Å². The highest BCUT2D eigenvalue weighted by atomic mass is 16.3. The largest absolute Gasteiger partial charge is 0.469 e. The fourth-order valence-corrected chi connectivity index (χ4v) is 2.74. The van der Waals surface area contributed by atoms with E-state index >= 15 is 0 Å². The summed E-state index contributed by atoms with van der Waals surface area (Å²) < 4.78 is 5.32. The monoisotopic (exact) mass is 237 g/mol. The zero-order valence-electron chi connectivity index (χ0n) is 10.9. The van der Waals surface area contributed by atoms with Gasteiger partial charge < -0.3 is 9.52 Å². The maximum Gasteiger partial charge on any atom is 0.105 e. The van der Waals surface area contributed by atoms with Gasteiger partial charge in [0.05, 0.1) is 12.4 Å². The van der Waals surface area contributed by atoms with Crippen LogP contribution >= 0.6 is 0 Å². The van der Waals surface area contributed by atoms with E-state index in [0.717, 1.165) is 31.6 Å². The molecule has 0 radical (unpaired) electrons. The van der Waals surface area contributed by atoms with Crippen molar-refractivity contribution in [3.05, 3.63) is 23.7 Å². The topological polar surface area (TPSA) is 36.6 Å². The molecule has 2 atom stereocenters. The van der Waals surface area contributed by atoms with Crippen LogP contribution in [0.15, 0.2) is 16.7 Å². The molecule has 3 nitrogen and oxygen atoms in total. The third-order valence-electron chi connectivity index (χ3n) is 3.90. The molecule has 1 saturated carbocycles. The Labute approximate surface area is 103 Å². The summed E-state index contributed by atoms with van der Waals surface area (Å²) in [6.45, 7) is 2.86. The quantitative estimate of drug-likeness (QED) is 0.821. The molecule has 0 aromatic carbocycles. The molecule has 0 bridgehead atoms. The maximum atomic E-state index is 10.2. The molecule has 1 heterocycles. The molecule has 96 valence electrons. The van der Waals surface area contributed by atoms with E-state index in [1.165, 1.54) is 18.4 Å². The van der Waals surface area contributed by atoms with Crippen molar-refractivity contribution in [2.24, 2.45) is 0 Å². The first kappa shape index (κ1) is 12.7. The van der Waals surface area contributed by atoms with Crippen LogP contribution in [0.1, 0.15) is 43.4 Å². The van der Waals surface area contributed by atoms with Crippen LogP contribution in [0.2, 0.25) is 0 Å². The standard InChI is InChI=1S/C14H23NO2/c1-11-12(8-9-17-11)10-15(2)13-6-4-3-5-7-14(13)16/h8-9,13-14,16H,3-7,10H2,1-2H3. The van der Waals surface area contributed by atoms with Gasteiger partial charge >= 0.3 is 0 Å². The lowest BCUT2D eigenvalue weighted by Crippen LogP contribution is -2.40. The Hall–Kier alpha value is -0.800. The molecule has 0 amide bonds. The number of nitrogens with zero attached hydrogens (tertiary/aromatic N) is 1. The smallest absolute Gasteiger partial charge is 0.105 e. The minimum atomic E-state index is -0.172. The van der Waals surface area contributed by atoms with Gasteiger partial charge in [0.1, 0.15) is 5.76 Å². The SMILES string of the molecule is Cc1occc1CN(C)C1CCCCCC1O. The summed E-state index contributed by atoms with van der Waals surface area (Å²) in [5.74, 6) is 0.986. The third-order valence-corrected chi connectivity index (χ3v) is 3.90. The number of likely N-dealkylation sites (N-methyl/N-ethyl adjacent to an activating group) is 1. The number of aliphatic hydroxyl groups is 1. The Morgan fingerprint density at radius 3 is 2.82 bits per heavy atom. The molecule has 0 saturated heterocycles. The Morgan fingerprint density at radius 1 is 1.35 bits per heavy atom. The van der Waals surface area contributed by atoms with Crippen molar-refractivity contribution < 1.29 is 9.52 Å². The highest BCUT2D eigenvalue weighted by Gasteiger charge is 2.25. The number of hydrogen-bond donors (Lipinski definition) is 1. The summed E-state index contributed by atoms with van der Waals surface area (Å²) in [6, 6.07) is 2.32. The van der Waals surface area contributed by atoms with E-state index in [9.17, 15) is 5.11 Å². The highest BCUT2D eigenvalue weighted by molar-refractivity contribution is 5.15. The van der Waals surface area contributed by atoms with Gasteiger partial charge in [-0.15, -0.1) is 0 Å². The Bertz CT molecular complexity index is 348. The van der Waals surface area contributed by atoms with Crippen LogP contribution < -0.4 is 0 Å². The summed E-state index contributed by atoms with van der Waals surface area (Å²) >= 11 is 0. The van der Waals surface area contributed by atoms with Crippen molar-refractivity contribution in [3.8, 4) is 0 Å².